The molecule has 1 aliphatic heterocycles. The maximum absolute atomic E-state index is 12.6. The van der Waals surface area contributed by atoms with Crippen LogP contribution in [-0.4, -0.2) is 43.1 Å². The average Bonchev–Trinajstić information content (AvgIpc) is 2.60. The van der Waals surface area contributed by atoms with E-state index in [-0.39, 0.29) is 18.0 Å². The van der Waals surface area contributed by atoms with Crippen molar-refractivity contribution >= 4 is 23.6 Å². The average molecular weight is 367 g/mol. The number of methoxy groups -OCH3 is 1. The summed E-state index contributed by atoms with van der Waals surface area (Å²) in [7, 11) is 1.41. The van der Waals surface area contributed by atoms with Gasteiger partial charge in [-0.1, -0.05) is 25.4 Å². The van der Waals surface area contributed by atoms with Crippen LogP contribution in [-0.2, 0) is 4.74 Å². The van der Waals surface area contributed by atoms with Crippen LogP contribution in [0, 0.1) is 11.8 Å². The Labute approximate surface area is 154 Å². The molecule has 2 rings (SSSR count). The van der Waals surface area contributed by atoms with E-state index in [4.69, 9.17) is 16.3 Å². The zero-order valence-electron chi connectivity index (χ0n) is 15.1. The molecule has 1 aromatic carbocycles. The molecule has 1 aromatic rings. The van der Waals surface area contributed by atoms with Crippen LogP contribution in [0.3, 0.4) is 0 Å². The number of ether oxygens (including phenoxy) is 1. The zero-order chi connectivity index (χ0) is 18.4. The number of nitrogens with one attached hydrogen (secondary N) is 1. The third kappa shape index (κ3) is 5.63. The highest BCUT2D eigenvalue weighted by Gasteiger charge is 2.30. The summed E-state index contributed by atoms with van der Waals surface area (Å²) in [5, 5.41) is 3.81. The fraction of sp³-hybridized carbons (Fsp3) is 0.579. The van der Waals surface area contributed by atoms with Gasteiger partial charge in [0.1, 0.15) is 0 Å². The minimum atomic E-state index is -0.274. The molecule has 0 radical (unpaired) electrons. The molecule has 5 nitrogen and oxygen atoms in total. The number of piperidine rings is 1. The van der Waals surface area contributed by atoms with Gasteiger partial charge in [0.05, 0.1) is 7.11 Å². The molecule has 0 bridgehead atoms. The van der Waals surface area contributed by atoms with E-state index in [1.54, 1.807) is 29.2 Å². The number of halogens is 1. The fourth-order valence-electron chi connectivity index (χ4n) is 3.34. The molecule has 1 unspecified atom stereocenters. The molecule has 0 saturated carbocycles. The number of nitrogens with zero attached hydrogens (tertiary/aromatic N) is 1. The van der Waals surface area contributed by atoms with E-state index >= 15 is 0 Å². The summed E-state index contributed by atoms with van der Waals surface area (Å²) in [6, 6.07) is 7.03. The van der Waals surface area contributed by atoms with Gasteiger partial charge in [-0.15, -0.1) is 0 Å². The summed E-state index contributed by atoms with van der Waals surface area (Å²) < 4.78 is 4.79. The highest BCUT2D eigenvalue weighted by atomic mass is 35.5. The molecule has 138 valence electrons. The van der Waals surface area contributed by atoms with Gasteiger partial charge in [0.2, 0.25) is 0 Å². The van der Waals surface area contributed by atoms with Crippen molar-refractivity contribution < 1.29 is 14.3 Å². The molecule has 6 heteroatoms. The van der Waals surface area contributed by atoms with E-state index in [0.29, 0.717) is 35.5 Å². The Hall–Kier alpha value is -1.75. The Bertz CT molecular complexity index is 581. The van der Waals surface area contributed by atoms with Crippen molar-refractivity contribution in [2.45, 2.75) is 39.2 Å². The van der Waals surface area contributed by atoms with E-state index in [9.17, 15) is 9.59 Å². The van der Waals surface area contributed by atoms with Crippen LogP contribution in [0.25, 0.3) is 0 Å². The van der Waals surface area contributed by atoms with Gasteiger partial charge in [-0.25, -0.2) is 4.79 Å². The van der Waals surface area contributed by atoms with Crippen LogP contribution >= 0.6 is 11.6 Å². The predicted molar refractivity (Wildman–Crippen MR) is 98.9 cm³/mol. The first-order chi connectivity index (χ1) is 11.9. The summed E-state index contributed by atoms with van der Waals surface area (Å²) in [5.74, 6) is 0.770. The van der Waals surface area contributed by atoms with Crippen LogP contribution in [0.2, 0.25) is 5.02 Å². The van der Waals surface area contributed by atoms with Gasteiger partial charge >= 0.3 is 6.09 Å². The molecule has 0 aliphatic carbocycles. The van der Waals surface area contributed by atoms with Gasteiger partial charge in [0, 0.05) is 29.7 Å². The molecule has 2 amide bonds. The molecule has 1 aliphatic rings. The summed E-state index contributed by atoms with van der Waals surface area (Å²) in [6.45, 7) is 5.65. The molecule has 1 atom stereocenters. The lowest BCUT2D eigenvalue weighted by Crippen LogP contribution is -2.47. The molecule has 1 saturated heterocycles. The first-order valence-electron chi connectivity index (χ1n) is 8.80. The highest BCUT2D eigenvalue weighted by Crippen LogP contribution is 2.25. The second kappa shape index (κ2) is 9.09. The highest BCUT2D eigenvalue weighted by molar-refractivity contribution is 6.30. The van der Waals surface area contributed by atoms with E-state index in [0.717, 1.165) is 19.3 Å². The maximum atomic E-state index is 12.6. The topological polar surface area (TPSA) is 58.6 Å². The van der Waals surface area contributed by atoms with Crippen LogP contribution in [0.5, 0.6) is 0 Å². The van der Waals surface area contributed by atoms with Crippen molar-refractivity contribution in [3.8, 4) is 0 Å². The van der Waals surface area contributed by atoms with Crippen molar-refractivity contribution in [1.82, 2.24) is 10.2 Å². The molecule has 1 fully saturated rings. The Kier molecular flexibility index (Phi) is 7.12. The summed E-state index contributed by atoms with van der Waals surface area (Å²) in [4.78, 5) is 25.9. The molecule has 0 spiro atoms. The SMILES string of the molecule is COC(=O)N1CCC(C(CC(C)C)NC(=O)c2ccc(Cl)cc2)CC1. The smallest absolute Gasteiger partial charge is 0.409 e. The third-order valence-electron chi connectivity index (χ3n) is 4.69. The van der Waals surface area contributed by atoms with E-state index in [1.165, 1.54) is 7.11 Å². The standard InChI is InChI=1S/C19H27ClN2O3/c1-13(2)12-17(14-8-10-22(11-9-14)19(24)25-3)21-18(23)15-4-6-16(20)7-5-15/h4-7,13-14,17H,8-12H2,1-3H3,(H,21,23). The number of rotatable bonds is 5. The molecule has 1 N–H and O–H groups in total. The minimum absolute atomic E-state index is 0.0716. The van der Waals surface area contributed by atoms with Crippen LogP contribution < -0.4 is 5.32 Å². The summed E-state index contributed by atoms with van der Waals surface area (Å²) >= 11 is 5.89. The van der Waals surface area contributed by atoms with Crippen molar-refractivity contribution in [2.24, 2.45) is 11.8 Å². The van der Waals surface area contributed by atoms with Crippen LogP contribution in [0.1, 0.15) is 43.5 Å². The fourth-order valence-corrected chi connectivity index (χ4v) is 3.47. The van der Waals surface area contributed by atoms with Gasteiger partial charge in [0.15, 0.2) is 0 Å². The Balaban J connectivity index is 2.00. The molecular weight excluding hydrogens is 340 g/mol. The number of amides is 2. The van der Waals surface area contributed by atoms with Crippen molar-refractivity contribution in [2.75, 3.05) is 20.2 Å². The Morgan fingerprint density at radius 3 is 2.36 bits per heavy atom. The monoisotopic (exact) mass is 366 g/mol. The van der Waals surface area contributed by atoms with Gasteiger partial charge in [-0.05, 0) is 55.4 Å². The largest absolute Gasteiger partial charge is 0.453 e. The van der Waals surface area contributed by atoms with Gasteiger partial charge in [-0.2, -0.15) is 0 Å². The first kappa shape index (κ1) is 19.6. The van der Waals surface area contributed by atoms with E-state index < -0.39 is 0 Å². The van der Waals surface area contributed by atoms with Crippen molar-refractivity contribution in [3.63, 3.8) is 0 Å². The van der Waals surface area contributed by atoms with Gasteiger partial charge in [0.25, 0.3) is 5.91 Å². The number of carbonyl (C=O) groups is 2. The minimum Gasteiger partial charge on any atom is -0.453 e. The third-order valence-corrected chi connectivity index (χ3v) is 4.94. The lowest BCUT2D eigenvalue weighted by atomic mass is 9.85. The number of benzene rings is 1. The lowest BCUT2D eigenvalue weighted by Gasteiger charge is -2.36. The normalized spacial score (nSPS) is 16.6. The summed E-state index contributed by atoms with van der Waals surface area (Å²) in [5.41, 5.74) is 0.616. The predicted octanol–water partition coefficient (Wildman–Crippen LogP) is 3.96. The van der Waals surface area contributed by atoms with E-state index in [1.807, 2.05) is 0 Å². The quantitative estimate of drug-likeness (QED) is 0.857. The van der Waals surface area contributed by atoms with E-state index in [2.05, 4.69) is 19.2 Å². The first-order valence-corrected chi connectivity index (χ1v) is 9.17. The lowest BCUT2D eigenvalue weighted by molar-refractivity contribution is 0.0837. The molecule has 25 heavy (non-hydrogen) atoms. The summed E-state index contributed by atoms with van der Waals surface area (Å²) in [6.07, 6.45) is 2.38. The van der Waals surface area contributed by atoms with Crippen molar-refractivity contribution in [1.29, 1.82) is 0 Å². The maximum Gasteiger partial charge on any atom is 0.409 e. The van der Waals surface area contributed by atoms with Gasteiger partial charge in [-0.3, -0.25) is 4.79 Å². The van der Waals surface area contributed by atoms with Crippen LogP contribution in [0.4, 0.5) is 4.79 Å². The van der Waals surface area contributed by atoms with Crippen molar-refractivity contribution in [3.05, 3.63) is 34.9 Å². The molecule has 1 heterocycles. The second-order valence-electron chi connectivity index (χ2n) is 7.01. The number of likely N-dealkylation sites (tertiary alicyclic amines) is 1. The second-order valence-corrected chi connectivity index (χ2v) is 7.45. The zero-order valence-corrected chi connectivity index (χ0v) is 15.9. The molecular formula is C19H27ClN2O3. The number of carbonyl (C=O) groups excluding carboxylic acids is 2. The molecule has 0 aromatic heterocycles. The Morgan fingerprint density at radius 2 is 1.84 bits per heavy atom. The Morgan fingerprint density at radius 1 is 1.24 bits per heavy atom. The van der Waals surface area contributed by atoms with Gasteiger partial charge < -0.3 is 15.0 Å². The number of hydrogen-bond acceptors (Lipinski definition) is 3. The van der Waals surface area contributed by atoms with Crippen LogP contribution in [0.15, 0.2) is 24.3 Å². The number of hydrogen-bond donors (Lipinski definition) is 1.